The molecule has 182 valence electrons. The number of hydrogen-bond donors (Lipinski definition) is 1. The Morgan fingerprint density at radius 1 is 0.865 bits per heavy atom. The minimum absolute atomic E-state index is 0.281. The summed E-state index contributed by atoms with van der Waals surface area (Å²) < 4.78 is 11.6. The maximum atomic E-state index is 12.5. The van der Waals surface area contributed by atoms with Gasteiger partial charge in [0.15, 0.2) is 0 Å². The summed E-state index contributed by atoms with van der Waals surface area (Å²) in [7, 11) is 1.62. The largest absolute Gasteiger partial charge is 0.496 e. The second-order valence-corrected chi connectivity index (χ2v) is 8.33. The van der Waals surface area contributed by atoms with Crippen molar-refractivity contribution in [2.45, 2.75) is 6.61 Å². The first-order chi connectivity index (χ1) is 18.2. The molecule has 0 aliphatic heterocycles. The van der Waals surface area contributed by atoms with Gasteiger partial charge in [-0.05, 0) is 59.2 Å². The minimum Gasteiger partial charge on any atom is -0.496 e. The second-order valence-electron chi connectivity index (χ2n) is 8.33. The number of rotatable bonds is 8. The van der Waals surface area contributed by atoms with E-state index in [4.69, 9.17) is 9.47 Å². The van der Waals surface area contributed by atoms with Gasteiger partial charge >= 0.3 is 0 Å². The van der Waals surface area contributed by atoms with E-state index in [1.54, 1.807) is 31.7 Å². The zero-order valence-electron chi connectivity index (χ0n) is 20.3. The van der Waals surface area contributed by atoms with E-state index in [1.165, 1.54) is 0 Å². The zero-order valence-corrected chi connectivity index (χ0v) is 20.3. The summed E-state index contributed by atoms with van der Waals surface area (Å²) in [4.78, 5) is 17.0. The molecule has 1 N–H and O–H groups in total. The second kappa shape index (κ2) is 11.2. The summed E-state index contributed by atoms with van der Waals surface area (Å²) >= 11 is 0. The molecule has 4 aromatic carbocycles. The van der Waals surface area contributed by atoms with Crippen LogP contribution in [0.25, 0.3) is 22.0 Å². The first-order valence-corrected chi connectivity index (χ1v) is 11.8. The van der Waals surface area contributed by atoms with Crippen molar-refractivity contribution < 1.29 is 14.3 Å². The van der Waals surface area contributed by atoms with Crippen LogP contribution in [0.3, 0.4) is 0 Å². The first kappa shape index (κ1) is 23.8. The average Bonchev–Trinajstić information content (AvgIpc) is 2.96. The number of hydrogen-bond acceptors (Lipinski definition) is 5. The Bertz CT molecular complexity index is 1540. The molecule has 5 aromatic rings. The number of amides is 1. The molecule has 0 fully saturated rings. The predicted molar refractivity (Wildman–Crippen MR) is 146 cm³/mol. The fourth-order valence-corrected chi connectivity index (χ4v) is 4.01. The van der Waals surface area contributed by atoms with Crippen LogP contribution in [0.5, 0.6) is 11.5 Å². The van der Waals surface area contributed by atoms with Gasteiger partial charge in [0, 0.05) is 22.7 Å². The Morgan fingerprint density at radius 3 is 2.46 bits per heavy atom. The highest BCUT2D eigenvalue weighted by atomic mass is 16.5. The molecule has 6 heteroatoms. The van der Waals surface area contributed by atoms with E-state index in [0.29, 0.717) is 23.7 Å². The molecule has 5 rings (SSSR count). The third-order valence-corrected chi connectivity index (χ3v) is 5.92. The van der Waals surface area contributed by atoms with Crippen LogP contribution in [-0.4, -0.2) is 24.2 Å². The van der Waals surface area contributed by atoms with Gasteiger partial charge in [-0.15, -0.1) is 0 Å². The van der Waals surface area contributed by atoms with E-state index in [-0.39, 0.29) is 5.91 Å². The van der Waals surface area contributed by atoms with Crippen molar-refractivity contribution in [3.05, 3.63) is 126 Å². The Kier molecular flexibility index (Phi) is 7.18. The maximum absolute atomic E-state index is 12.5. The minimum atomic E-state index is -0.281. The lowest BCUT2D eigenvalue weighted by atomic mass is 10.0. The first-order valence-electron chi connectivity index (χ1n) is 11.8. The van der Waals surface area contributed by atoms with E-state index in [9.17, 15) is 4.79 Å². The van der Waals surface area contributed by atoms with Crippen LogP contribution in [0.4, 0.5) is 0 Å². The summed E-state index contributed by atoms with van der Waals surface area (Å²) in [5, 5.41) is 5.15. The third-order valence-electron chi connectivity index (χ3n) is 5.92. The Morgan fingerprint density at radius 2 is 1.65 bits per heavy atom. The van der Waals surface area contributed by atoms with Crippen molar-refractivity contribution in [1.29, 1.82) is 0 Å². The number of nitrogens with one attached hydrogen (secondary N) is 1. The molecule has 6 nitrogen and oxygen atoms in total. The highest BCUT2D eigenvalue weighted by Gasteiger charge is 2.09. The summed E-state index contributed by atoms with van der Waals surface area (Å²) in [6, 6.07) is 32.8. The number of ether oxygens (including phenoxy) is 2. The molecular formula is C31H25N3O3. The Labute approximate surface area is 215 Å². The predicted octanol–water partition coefficient (Wildman–Crippen LogP) is 6.25. The van der Waals surface area contributed by atoms with Crippen molar-refractivity contribution >= 4 is 23.0 Å². The molecule has 1 aromatic heterocycles. The van der Waals surface area contributed by atoms with Crippen molar-refractivity contribution in [3.8, 4) is 22.6 Å². The number of nitrogens with zero attached hydrogens (tertiary/aromatic N) is 2. The van der Waals surface area contributed by atoms with E-state index in [1.807, 2.05) is 91.0 Å². The maximum Gasteiger partial charge on any atom is 0.271 e. The fraction of sp³-hybridized carbons (Fsp3) is 0.0645. The Hall–Kier alpha value is -4.97. The van der Waals surface area contributed by atoms with Gasteiger partial charge in [0.25, 0.3) is 5.91 Å². The lowest BCUT2D eigenvalue weighted by molar-refractivity contribution is 0.0955. The number of aromatic nitrogens is 1. The molecule has 0 aliphatic carbocycles. The van der Waals surface area contributed by atoms with Crippen molar-refractivity contribution in [3.63, 3.8) is 0 Å². The smallest absolute Gasteiger partial charge is 0.271 e. The number of methoxy groups -OCH3 is 1. The van der Waals surface area contributed by atoms with Gasteiger partial charge in [-0.3, -0.25) is 9.78 Å². The third kappa shape index (κ3) is 5.65. The number of hydrazone groups is 1. The van der Waals surface area contributed by atoms with E-state index in [2.05, 4.69) is 15.5 Å². The normalized spacial score (nSPS) is 10.9. The molecule has 0 atom stereocenters. The van der Waals surface area contributed by atoms with Gasteiger partial charge in [0.05, 0.1) is 13.3 Å². The van der Waals surface area contributed by atoms with Gasteiger partial charge < -0.3 is 9.47 Å². The van der Waals surface area contributed by atoms with Gasteiger partial charge in [-0.25, -0.2) is 5.43 Å². The van der Waals surface area contributed by atoms with Crippen LogP contribution in [0.1, 0.15) is 21.5 Å². The number of fused-ring (bicyclic) bond motifs is 1. The fourth-order valence-electron chi connectivity index (χ4n) is 4.01. The molecule has 0 bridgehead atoms. The molecule has 0 saturated heterocycles. The van der Waals surface area contributed by atoms with Gasteiger partial charge in [-0.1, -0.05) is 60.7 Å². The van der Waals surface area contributed by atoms with Crippen LogP contribution in [0.2, 0.25) is 0 Å². The van der Waals surface area contributed by atoms with E-state index < -0.39 is 0 Å². The molecule has 37 heavy (non-hydrogen) atoms. The molecule has 1 amide bonds. The van der Waals surface area contributed by atoms with Gasteiger partial charge in [-0.2, -0.15) is 5.10 Å². The summed E-state index contributed by atoms with van der Waals surface area (Å²) in [6.45, 7) is 0.292. The Balaban J connectivity index is 1.25. The highest BCUT2D eigenvalue weighted by Crippen LogP contribution is 2.26. The topological polar surface area (TPSA) is 72.8 Å². The van der Waals surface area contributed by atoms with Crippen LogP contribution in [0, 0.1) is 0 Å². The van der Waals surface area contributed by atoms with Crippen LogP contribution in [0.15, 0.2) is 114 Å². The molecule has 0 spiro atoms. The molecule has 0 saturated carbocycles. The molecule has 1 heterocycles. The summed E-state index contributed by atoms with van der Waals surface area (Å²) in [6.07, 6.45) is 3.34. The molecular weight excluding hydrogens is 462 g/mol. The van der Waals surface area contributed by atoms with E-state index in [0.717, 1.165) is 33.2 Å². The number of carbonyl (C=O) groups is 1. The molecule has 0 unspecified atom stereocenters. The van der Waals surface area contributed by atoms with Gasteiger partial charge in [0.2, 0.25) is 0 Å². The number of para-hydroxylation sites is 1. The van der Waals surface area contributed by atoms with Gasteiger partial charge in [0.1, 0.15) is 23.6 Å². The quantitative estimate of drug-likeness (QED) is 0.207. The summed E-state index contributed by atoms with van der Waals surface area (Å²) in [5.74, 6) is 1.12. The number of pyridine rings is 1. The van der Waals surface area contributed by atoms with Crippen LogP contribution in [-0.2, 0) is 6.61 Å². The van der Waals surface area contributed by atoms with E-state index >= 15 is 0 Å². The number of carbonyl (C=O) groups excluding carboxylic acids is 1. The molecule has 0 radical (unpaired) electrons. The molecule has 0 aliphatic rings. The zero-order chi connectivity index (χ0) is 25.5. The van der Waals surface area contributed by atoms with Crippen molar-refractivity contribution in [2.24, 2.45) is 5.10 Å². The summed E-state index contributed by atoms with van der Waals surface area (Å²) in [5.41, 5.74) is 7.73. The highest BCUT2D eigenvalue weighted by molar-refractivity contribution is 5.95. The standard InChI is InChI=1S/C31H25N3O3/c1-36-28-17-12-22(19-27(28)21-37-29-11-5-9-25-10-6-18-32-30(25)29)20-33-34-31(35)26-15-13-24(14-16-26)23-7-3-2-4-8-23/h2-20H,21H2,1H3,(H,34,35). The monoisotopic (exact) mass is 487 g/mol. The van der Waals surface area contributed by atoms with Crippen molar-refractivity contribution in [1.82, 2.24) is 10.4 Å². The van der Waals surface area contributed by atoms with Crippen LogP contribution < -0.4 is 14.9 Å². The number of benzene rings is 4. The lowest BCUT2D eigenvalue weighted by Gasteiger charge is -2.12. The van der Waals surface area contributed by atoms with Crippen molar-refractivity contribution in [2.75, 3.05) is 7.11 Å². The van der Waals surface area contributed by atoms with Crippen LogP contribution >= 0.6 is 0 Å². The average molecular weight is 488 g/mol. The SMILES string of the molecule is COc1ccc(C=NNC(=O)c2ccc(-c3ccccc3)cc2)cc1COc1cccc2cccnc12. The lowest BCUT2D eigenvalue weighted by Crippen LogP contribution is -2.17.